The van der Waals surface area contributed by atoms with Crippen molar-refractivity contribution in [2.75, 3.05) is 5.73 Å². The van der Waals surface area contributed by atoms with Crippen LogP contribution in [0.5, 0.6) is 11.6 Å². The molecule has 1 aromatic heterocycles. The quantitative estimate of drug-likeness (QED) is 0.903. The summed E-state index contributed by atoms with van der Waals surface area (Å²) in [6.07, 6.45) is 0. The largest absolute Gasteiger partial charge is 0.439 e. The predicted molar refractivity (Wildman–Crippen MR) is 81.1 cm³/mol. The third-order valence-electron chi connectivity index (χ3n) is 3.01. The number of aryl methyl sites for hydroxylation is 2. The molecule has 0 aliphatic rings. The van der Waals surface area contributed by atoms with Crippen LogP contribution >= 0.6 is 0 Å². The lowest BCUT2D eigenvalue weighted by Crippen LogP contribution is -2.13. The molecule has 0 amide bonds. The Morgan fingerprint density at radius 1 is 1.05 bits per heavy atom. The zero-order valence-corrected chi connectivity index (χ0v) is 12.7. The van der Waals surface area contributed by atoms with Gasteiger partial charge in [0.25, 0.3) is 0 Å². The van der Waals surface area contributed by atoms with E-state index in [0.717, 1.165) is 17.0 Å². The molecule has 0 saturated heterocycles. The van der Waals surface area contributed by atoms with Crippen LogP contribution in [-0.2, 0) is 5.41 Å². The lowest BCUT2D eigenvalue weighted by molar-refractivity contribution is 0.439. The summed E-state index contributed by atoms with van der Waals surface area (Å²) in [7, 11) is 0. The molecule has 0 radical (unpaired) electrons. The van der Waals surface area contributed by atoms with Crippen LogP contribution in [-0.4, -0.2) is 9.97 Å². The summed E-state index contributed by atoms with van der Waals surface area (Å²) >= 11 is 0. The molecule has 0 unspecified atom stereocenters. The van der Waals surface area contributed by atoms with Gasteiger partial charge >= 0.3 is 0 Å². The first kappa shape index (κ1) is 14.3. The van der Waals surface area contributed by atoms with Crippen molar-refractivity contribution in [1.82, 2.24) is 9.97 Å². The number of nitrogens with two attached hydrogens (primary N) is 1. The third-order valence-corrected chi connectivity index (χ3v) is 3.01. The Balaban J connectivity index is 2.43. The summed E-state index contributed by atoms with van der Waals surface area (Å²) in [6.45, 7) is 10.4. The fourth-order valence-corrected chi connectivity index (χ4v) is 2.05. The standard InChI is InChI=1S/C16H21N3O/c1-10-6-7-13(12(8-10)16(3,4)5)20-14-9-11(2)18-15(17)19-14/h6-9H,1-5H3,(H2,17,18,19). The van der Waals surface area contributed by atoms with Gasteiger partial charge in [0, 0.05) is 17.3 Å². The lowest BCUT2D eigenvalue weighted by Gasteiger charge is -2.23. The van der Waals surface area contributed by atoms with Crippen molar-refractivity contribution in [1.29, 1.82) is 0 Å². The van der Waals surface area contributed by atoms with E-state index in [0.29, 0.717) is 5.88 Å². The van der Waals surface area contributed by atoms with Gasteiger partial charge in [0.15, 0.2) is 0 Å². The van der Waals surface area contributed by atoms with Crippen LogP contribution in [0.3, 0.4) is 0 Å². The van der Waals surface area contributed by atoms with Crippen LogP contribution in [0.4, 0.5) is 5.95 Å². The number of anilines is 1. The highest BCUT2D eigenvalue weighted by atomic mass is 16.5. The van der Waals surface area contributed by atoms with E-state index < -0.39 is 0 Å². The lowest BCUT2D eigenvalue weighted by atomic mass is 9.85. The normalized spacial score (nSPS) is 11.4. The van der Waals surface area contributed by atoms with Crippen LogP contribution in [0, 0.1) is 13.8 Å². The zero-order chi connectivity index (χ0) is 14.9. The van der Waals surface area contributed by atoms with E-state index in [1.165, 1.54) is 5.56 Å². The Hall–Kier alpha value is -2.10. The van der Waals surface area contributed by atoms with Gasteiger partial charge in [-0.25, -0.2) is 4.98 Å². The summed E-state index contributed by atoms with van der Waals surface area (Å²) in [5.74, 6) is 1.51. The number of aromatic nitrogens is 2. The molecule has 2 aromatic rings. The number of ether oxygens (including phenoxy) is 1. The molecule has 2 N–H and O–H groups in total. The van der Waals surface area contributed by atoms with Gasteiger partial charge in [-0.2, -0.15) is 4.98 Å². The minimum Gasteiger partial charge on any atom is -0.439 e. The summed E-state index contributed by atoms with van der Waals surface area (Å²) < 4.78 is 5.92. The van der Waals surface area contributed by atoms with Gasteiger partial charge in [-0.15, -0.1) is 0 Å². The number of nitrogens with zero attached hydrogens (tertiary/aromatic N) is 2. The van der Waals surface area contributed by atoms with Gasteiger partial charge in [-0.05, 0) is 25.3 Å². The fourth-order valence-electron chi connectivity index (χ4n) is 2.05. The molecule has 4 heteroatoms. The topological polar surface area (TPSA) is 61.0 Å². The first-order chi connectivity index (χ1) is 9.25. The zero-order valence-electron chi connectivity index (χ0n) is 12.7. The van der Waals surface area contributed by atoms with Crippen molar-refractivity contribution in [3.05, 3.63) is 41.1 Å². The van der Waals surface area contributed by atoms with Crippen LogP contribution in [0.1, 0.15) is 37.6 Å². The summed E-state index contributed by atoms with van der Waals surface area (Å²) in [5, 5.41) is 0. The van der Waals surface area contributed by atoms with E-state index in [-0.39, 0.29) is 11.4 Å². The van der Waals surface area contributed by atoms with Crippen molar-refractivity contribution < 1.29 is 4.74 Å². The van der Waals surface area contributed by atoms with Crippen molar-refractivity contribution >= 4 is 5.95 Å². The maximum absolute atomic E-state index is 5.92. The average Bonchev–Trinajstić information content (AvgIpc) is 2.28. The molecule has 1 aromatic carbocycles. The Morgan fingerprint density at radius 3 is 2.35 bits per heavy atom. The molecule has 0 bridgehead atoms. The van der Waals surface area contributed by atoms with Crippen molar-refractivity contribution in [3.63, 3.8) is 0 Å². The third kappa shape index (κ3) is 3.26. The smallest absolute Gasteiger partial charge is 0.224 e. The van der Waals surface area contributed by atoms with E-state index in [9.17, 15) is 0 Å². The van der Waals surface area contributed by atoms with Crippen LogP contribution in [0.15, 0.2) is 24.3 Å². The van der Waals surface area contributed by atoms with Crippen LogP contribution < -0.4 is 10.5 Å². The molecule has 4 nitrogen and oxygen atoms in total. The monoisotopic (exact) mass is 271 g/mol. The van der Waals surface area contributed by atoms with Crippen molar-refractivity contribution in [2.45, 2.75) is 40.0 Å². The van der Waals surface area contributed by atoms with Gasteiger partial charge in [0.05, 0.1) is 0 Å². The Bertz CT molecular complexity index is 610. The molecule has 0 spiro atoms. The molecule has 1 heterocycles. The predicted octanol–water partition coefficient (Wildman–Crippen LogP) is 3.77. The first-order valence-electron chi connectivity index (χ1n) is 6.66. The Kier molecular flexibility index (Phi) is 3.66. The number of benzene rings is 1. The number of hydrogen-bond donors (Lipinski definition) is 1. The van der Waals surface area contributed by atoms with E-state index >= 15 is 0 Å². The SMILES string of the molecule is Cc1ccc(Oc2cc(C)nc(N)n2)c(C(C)(C)C)c1. The van der Waals surface area contributed by atoms with E-state index in [2.05, 4.69) is 43.7 Å². The molecular formula is C16H21N3O. The summed E-state index contributed by atoms with van der Waals surface area (Å²) in [4.78, 5) is 8.17. The van der Waals surface area contributed by atoms with E-state index in [1.54, 1.807) is 6.07 Å². The van der Waals surface area contributed by atoms with Gasteiger partial charge in [-0.3, -0.25) is 0 Å². The minimum atomic E-state index is -0.00499. The highest BCUT2D eigenvalue weighted by molar-refractivity contribution is 5.43. The number of hydrogen-bond acceptors (Lipinski definition) is 4. The highest BCUT2D eigenvalue weighted by Gasteiger charge is 2.20. The molecule has 0 aliphatic heterocycles. The molecule has 106 valence electrons. The second kappa shape index (κ2) is 5.12. The molecule has 2 rings (SSSR count). The summed E-state index contributed by atoms with van der Waals surface area (Å²) in [6, 6.07) is 7.93. The maximum atomic E-state index is 5.92. The second-order valence-corrected chi connectivity index (χ2v) is 6.06. The molecule has 0 aliphatic carbocycles. The fraction of sp³-hybridized carbons (Fsp3) is 0.375. The van der Waals surface area contributed by atoms with Gasteiger partial charge in [0.2, 0.25) is 11.8 Å². The molecule has 0 fully saturated rings. The molecular weight excluding hydrogens is 250 g/mol. The minimum absolute atomic E-state index is 0.00499. The maximum Gasteiger partial charge on any atom is 0.224 e. The number of nitrogen functional groups attached to an aromatic ring is 1. The molecule has 0 atom stereocenters. The van der Waals surface area contributed by atoms with E-state index in [1.807, 2.05) is 19.1 Å². The van der Waals surface area contributed by atoms with Crippen LogP contribution in [0.2, 0.25) is 0 Å². The Morgan fingerprint density at radius 2 is 1.75 bits per heavy atom. The molecule has 0 saturated carbocycles. The van der Waals surface area contributed by atoms with E-state index in [4.69, 9.17) is 10.5 Å². The average molecular weight is 271 g/mol. The highest BCUT2D eigenvalue weighted by Crippen LogP contribution is 2.34. The van der Waals surface area contributed by atoms with Gasteiger partial charge < -0.3 is 10.5 Å². The number of rotatable bonds is 2. The van der Waals surface area contributed by atoms with Crippen molar-refractivity contribution in [2.24, 2.45) is 0 Å². The molecule has 20 heavy (non-hydrogen) atoms. The second-order valence-electron chi connectivity index (χ2n) is 6.06. The Labute approximate surface area is 120 Å². The van der Waals surface area contributed by atoms with Gasteiger partial charge in [0.1, 0.15) is 5.75 Å². The van der Waals surface area contributed by atoms with Gasteiger partial charge in [-0.1, -0.05) is 38.5 Å². The van der Waals surface area contributed by atoms with Crippen molar-refractivity contribution in [3.8, 4) is 11.6 Å². The summed E-state index contributed by atoms with van der Waals surface area (Å²) in [5.41, 5.74) is 8.80. The van der Waals surface area contributed by atoms with Crippen LogP contribution in [0.25, 0.3) is 0 Å². The first-order valence-corrected chi connectivity index (χ1v) is 6.66.